The van der Waals surface area contributed by atoms with Gasteiger partial charge in [0.2, 0.25) is 0 Å². The zero-order valence-corrected chi connectivity index (χ0v) is 9.78. The Hall–Kier alpha value is -1.55. The van der Waals surface area contributed by atoms with E-state index in [9.17, 15) is 4.79 Å². The van der Waals surface area contributed by atoms with Gasteiger partial charge in [-0.1, -0.05) is 6.07 Å². The van der Waals surface area contributed by atoms with Crippen molar-refractivity contribution in [2.75, 3.05) is 6.61 Å². The summed E-state index contributed by atoms with van der Waals surface area (Å²) in [6.45, 7) is 6.12. The first-order valence-corrected chi connectivity index (χ1v) is 5.19. The maximum Gasteiger partial charge on any atom is 0.325 e. The van der Waals surface area contributed by atoms with Gasteiger partial charge in [-0.3, -0.25) is 4.79 Å². The molecule has 0 saturated carbocycles. The Balaban J connectivity index is 3.28. The first-order chi connectivity index (χ1) is 7.47. The highest BCUT2D eigenvalue weighted by atomic mass is 16.5. The first kappa shape index (κ1) is 12.5. The third-order valence-corrected chi connectivity index (χ3v) is 2.37. The van der Waals surface area contributed by atoms with E-state index in [2.05, 4.69) is 0 Å². The standard InChI is InChI=1S/C12H17NO3/c1-4-16-9-6-7(2)5-8(3)10(9)11(13)12(14)15/h5-6,11H,4,13H2,1-3H3,(H,14,15). The fourth-order valence-electron chi connectivity index (χ4n) is 1.74. The van der Waals surface area contributed by atoms with Crippen LogP contribution in [0.5, 0.6) is 5.75 Å². The Bertz CT molecular complexity index is 401. The van der Waals surface area contributed by atoms with Gasteiger partial charge in [0.05, 0.1) is 6.61 Å². The van der Waals surface area contributed by atoms with Gasteiger partial charge >= 0.3 is 5.97 Å². The summed E-state index contributed by atoms with van der Waals surface area (Å²) in [6.07, 6.45) is 0. The maximum atomic E-state index is 10.9. The molecule has 0 bridgehead atoms. The van der Waals surface area contributed by atoms with Gasteiger partial charge in [0.25, 0.3) is 0 Å². The van der Waals surface area contributed by atoms with Crippen LogP contribution in [0.4, 0.5) is 0 Å². The number of rotatable bonds is 4. The fraction of sp³-hybridized carbons (Fsp3) is 0.417. The first-order valence-electron chi connectivity index (χ1n) is 5.19. The van der Waals surface area contributed by atoms with Crippen LogP contribution in [-0.4, -0.2) is 17.7 Å². The van der Waals surface area contributed by atoms with E-state index < -0.39 is 12.0 Å². The minimum Gasteiger partial charge on any atom is -0.493 e. The van der Waals surface area contributed by atoms with Crippen LogP contribution in [0.1, 0.15) is 29.7 Å². The quantitative estimate of drug-likeness (QED) is 0.816. The van der Waals surface area contributed by atoms with Crippen molar-refractivity contribution in [1.29, 1.82) is 0 Å². The van der Waals surface area contributed by atoms with Gasteiger partial charge in [-0.15, -0.1) is 0 Å². The van der Waals surface area contributed by atoms with E-state index in [1.165, 1.54) is 0 Å². The predicted molar refractivity (Wildman–Crippen MR) is 61.6 cm³/mol. The molecule has 0 aliphatic carbocycles. The normalized spacial score (nSPS) is 12.2. The lowest BCUT2D eigenvalue weighted by Crippen LogP contribution is -2.22. The van der Waals surface area contributed by atoms with Gasteiger partial charge in [0.15, 0.2) is 0 Å². The van der Waals surface area contributed by atoms with Crippen molar-refractivity contribution >= 4 is 5.97 Å². The van der Waals surface area contributed by atoms with E-state index >= 15 is 0 Å². The van der Waals surface area contributed by atoms with E-state index in [0.29, 0.717) is 17.9 Å². The SMILES string of the molecule is CCOc1cc(C)cc(C)c1C(N)C(=O)O. The number of nitrogens with two attached hydrogens (primary N) is 1. The van der Waals surface area contributed by atoms with Gasteiger partial charge in [-0.2, -0.15) is 0 Å². The average Bonchev–Trinajstić information content (AvgIpc) is 2.16. The number of hydrogen-bond donors (Lipinski definition) is 2. The van der Waals surface area contributed by atoms with Gasteiger partial charge < -0.3 is 15.6 Å². The monoisotopic (exact) mass is 223 g/mol. The Labute approximate surface area is 95.0 Å². The molecule has 1 unspecified atom stereocenters. The van der Waals surface area contributed by atoms with Gasteiger partial charge in [0, 0.05) is 5.56 Å². The van der Waals surface area contributed by atoms with E-state index in [1.807, 2.05) is 32.9 Å². The molecule has 0 radical (unpaired) electrons. The number of hydrogen-bond acceptors (Lipinski definition) is 3. The predicted octanol–water partition coefficient (Wildman–Crippen LogP) is 1.79. The highest BCUT2D eigenvalue weighted by Crippen LogP contribution is 2.29. The smallest absolute Gasteiger partial charge is 0.325 e. The van der Waals surface area contributed by atoms with Crippen LogP contribution in [0, 0.1) is 13.8 Å². The Kier molecular flexibility index (Phi) is 3.90. The minimum absolute atomic E-state index is 0.488. The number of benzene rings is 1. The molecule has 0 heterocycles. The van der Waals surface area contributed by atoms with E-state index in [1.54, 1.807) is 0 Å². The molecule has 3 N–H and O–H groups in total. The largest absolute Gasteiger partial charge is 0.493 e. The summed E-state index contributed by atoms with van der Waals surface area (Å²) in [5, 5.41) is 8.94. The molecule has 4 heteroatoms. The number of aryl methyl sites for hydroxylation is 2. The van der Waals surface area contributed by atoms with Crippen molar-refractivity contribution < 1.29 is 14.6 Å². The van der Waals surface area contributed by atoms with Crippen LogP contribution in [-0.2, 0) is 4.79 Å². The van der Waals surface area contributed by atoms with E-state index in [4.69, 9.17) is 15.6 Å². The van der Waals surface area contributed by atoms with Gasteiger partial charge in [-0.25, -0.2) is 0 Å². The zero-order valence-electron chi connectivity index (χ0n) is 9.78. The van der Waals surface area contributed by atoms with Gasteiger partial charge in [0.1, 0.15) is 11.8 Å². The summed E-state index contributed by atoms with van der Waals surface area (Å²) in [6, 6.07) is 2.68. The highest BCUT2D eigenvalue weighted by Gasteiger charge is 2.21. The number of ether oxygens (including phenoxy) is 1. The number of carbonyl (C=O) groups is 1. The highest BCUT2D eigenvalue weighted by molar-refractivity contribution is 5.77. The second kappa shape index (κ2) is 4.99. The molecule has 0 aromatic heterocycles. The molecule has 16 heavy (non-hydrogen) atoms. The Morgan fingerprint density at radius 1 is 1.50 bits per heavy atom. The molecule has 1 atom stereocenters. The lowest BCUT2D eigenvalue weighted by atomic mass is 9.98. The molecule has 1 aromatic carbocycles. The molecule has 0 aliphatic rings. The Morgan fingerprint density at radius 3 is 2.62 bits per heavy atom. The molecule has 4 nitrogen and oxygen atoms in total. The summed E-state index contributed by atoms with van der Waals surface area (Å²) in [7, 11) is 0. The van der Waals surface area contributed by atoms with Crippen LogP contribution >= 0.6 is 0 Å². The number of carboxylic acid groups (broad SMARTS) is 1. The summed E-state index contributed by atoms with van der Waals surface area (Å²) >= 11 is 0. The molecule has 0 spiro atoms. The number of aliphatic carboxylic acids is 1. The van der Waals surface area contributed by atoms with Crippen molar-refractivity contribution in [2.45, 2.75) is 26.8 Å². The zero-order chi connectivity index (χ0) is 12.3. The van der Waals surface area contributed by atoms with Crippen molar-refractivity contribution in [3.8, 4) is 5.75 Å². The van der Waals surface area contributed by atoms with E-state index in [0.717, 1.165) is 11.1 Å². The lowest BCUT2D eigenvalue weighted by Gasteiger charge is -2.17. The molecule has 0 fully saturated rings. The van der Waals surface area contributed by atoms with Crippen LogP contribution in [0.3, 0.4) is 0 Å². The fourth-order valence-corrected chi connectivity index (χ4v) is 1.74. The topological polar surface area (TPSA) is 72.5 Å². The molecule has 1 aromatic rings. The van der Waals surface area contributed by atoms with Crippen LogP contribution < -0.4 is 10.5 Å². The lowest BCUT2D eigenvalue weighted by molar-refractivity contribution is -0.138. The summed E-state index contributed by atoms with van der Waals surface area (Å²) in [5.74, 6) is -0.484. The van der Waals surface area contributed by atoms with Gasteiger partial charge in [-0.05, 0) is 38.0 Å². The van der Waals surface area contributed by atoms with Crippen LogP contribution in [0.2, 0.25) is 0 Å². The number of carboxylic acids is 1. The third kappa shape index (κ3) is 2.52. The summed E-state index contributed by atoms with van der Waals surface area (Å²) < 4.78 is 5.43. The van der Waals surface area contributed by atoms with Crippen molar-refractivity contribution in [1.82, 2.24) is 0 Å². The second-order valence-corrected chi connectivity index (χ2v) is 3.74. The van der Waals surface area contributed by atoms with E-state index in [-0.39, 0.29) is 0 Å². The maximum absolute atomic E-state index is 10.9. The molecular formula is C12H17NO3. The average molecular weight is 223 g/mol. The summed E-state index contributed by atoms with van der Waals surface area (Å²) in [4.78, 5) is 10.9. The van der Waals surface area contributed by atoms with Crippen LogP contribution in [0.25, 0.3) is 0 Å². The molecule has 0 amide bonds. The third-order valence-electron chi connectivity index (χ3n) is 2.37. The van der Waals surface area contributed by atoms with Crippen LogP contribution in [0.15, 0.2) is 12.1 Å². The second-order valence-electron chi connectivity index (χ2n) is 3.74. The molecule has 1 rings (SSSR count). The van der Waals surface area contributed by atoms with Crippen molar-refractivity contribution in [3.63, 3.8) is 0 Å². The molecular weight excluding hydrogens is 206 g/mol. The minimum atomic E-state index is -1.05. The molecule has 88 valence electrons. The molecule has 0 saturated heterocycles. The van der Waals surface area contributed by atoms with Crippen molar-refractivity contribution in [3.05, 3.63) is 28.8 Å². The van der Waals surface area contributed by atoms with Crippen molar-refractivity contribution in [2.24, 2.45) is 5.73 Å². The summed E-state index contributed by atoms with van der Waals surface area (Å²) in [5.41, 5.74) is 8.07. The Morgan fingerprint density at radius 2 is 2.12 bits per heavy atom. The molecule has 0 aliphatic heterocycles.